The summed E-state index contributed by atoms with van der Waals surface area (Å²) >= 11 is 1.22. The lowest BCUT2D eigenvalue weighted by Crippen LogP contribution is -2.36. The van der Waals surface area contributed by atoms with Crippen LogP contribution in [0.1, 0.15) is 15.2 Å². The maximum absolute atomic E-state index is 12.3. The molecule has 0 unspecified atom stereocenters. The number of hydrogen-bond donors (Lipinski definition) is 0. The first-order valence-corrected chi connectivity index (χ1v) is 7.74. The second-order valence-corrected chi connectivity index (χ2v) is 5.90. The predicted molar refractivity (Wildman–Crippen MR) is 82.8 cm³/mol. The van der Waals surface area contributed by atoms with E-state index in [1.165, 1.54) is 11.3 Å². The van der Waals surface area contributed by atoms with E-state index in [9.17, 15) is 19.2 Å². The Kier molecular flexibility index (Phi) is 4.03. The maximum Gasteiger partial charge on any atom is 0.334 e. The zero-order chi connectivity index (χ0) is 16.4. The first-order chi connectivity index (χ1) is 11.1. The molecule has 1 fully saturated rings. The number of imide groups is 2. The molecular formula is C16H12N2O4S. The van der Waals surface area contributed by atoms with Crippen LogP contribution in [-0.2, 0) is 16.1 Å². The molecule has 4 amide bonds. The standard InChI is InChI=1S/C16H12N2O4S/c19-12(13-7-4-8-23-13)10-18-15(21)14(20)17(16(18)22)9-11-5-2-1-3-6-11/h1-8H,9-10H2. The number of ketones is 1. The molecule has 0 radical (unpaired) electrons. The van der Waals surface area contributed by atoms with Gasteiger partial charge in [-0.15, -0.1) is 11.3 Å². The third kappa shape index (κ3) is 2.91. The van der Waals surface area contributed by atoms with Crippen LogP contribution in [0.15, 0.2) is 47.8 Å². The van der Waals surface area contributed by atoms with Crippen molar-refractivity contribution in [2.75, 3.05) is 6.54 Å². The molecule has 1 aliphatic rings. The third-order valence-corrected chi connectivity index (χ3v) is 4.33. The summed E-state index contributed by atoms with van der Waals surface area (Å²) < 4.78 is 0. The van der Waals surface area contributed by atoms with E-state index >= 15 is 0 Å². The van der Waals surface area contributed by atoms with Gasteiger partial charge in [0, 0.05) is 0 Å². The average molecular weight is 328 g/mol. The Balaban J connectivity index is 1.76. The number of urea groups is 1. The Labute approximate surface area is 135 Å². The van der Waals surface area contributed by atoms with Crippen molar-refractivity contribution in [3.8, 4) is 0 Å². The van der Waals surface area contributed by atoms with Crippen molar-refractivity contribution in [2.45, 2.75) is 6.54 Å². The lowest BCUT2D eigenvalue weighted by atomic mass is 10.2. The van der Waals surface area contributed by atoms with Gasteiger partial charge in [0.25, 0.3) is 0 Å². The smallest absolute Gasteiger partial charge is 0.291 e. The van der Waals surface area contributed by atoms with Gasteiger partial charge in [0.1, 0.15) is 0 Å². The van der Waals surface area contributed by atoms with Gasteiger partial charge >= 0.3 is 17.8 Å². The van der Waals surface area contributed by atoms with Gasteiger partial charge in [-0.05, 0) is 17.0 Å². The fourth-order valence-corrected chi connectivity index (χ4v) is 2.91. The molecule has 1 aliphatic heterocycles. The number of carbonyl (C=O) groups is 4. The van der Waals surface area contributed by atoms with Crippen LogP contribution in [-0.4, -0.2) is 40.0 Å². The number of amides is 4. The Hall–Kier alpha value is -2.80. The summed E-state index contributed by atoms with van der Waals surface area (Å²) in [6, 6.07) is 11.4. The number of thiophene rings is 1. The molecule has 2 heterocycles. The molecule has 116 valence electrons. The van der Waals surface area contributed by atoms with Gasteiger partial charge < -0.3 is 0 Å². The van der Waals surface area contributed by atoms with Crippen molar-refractivity contribution < 1.29 is 19.2 Å². The van der Waals surface area contributed by atoms with Crippen LogP contribution in [0.25, 0.3) is 0 Å². The van der Waals surface area contributed by atoms with Gasteiger partial charge in [-0.25, -0.2) is 9.69 Å². The zero-order valence-electron chi connectivity index (χ0n) is 12.0. The van der Waals surface area contributed by atoms with Gasteiger partial charge in [-0.3, -0.25) is 19.3 Å². The van der Waals surface area contributed by atoms with Crippen LogP contribution in [0.5, 0.6) is 0 Å². The molecule has 7 heteroatoms. The quantitative estimate of drug-likeness (QED) is 0.477. The summed E-state index contributed by atoms with van der Waals surface area (Å²) in [4.78, 5) is 50.4. The molecule has 2 aromatic rings. The van der Waals surface area contributed by atoms with Crippen molar-refractivity contribution >= 4 is 35.0 Å². The molecule has 3 rings (SSSR count). The van der Waals surface area contributed by atoms with Crippen molar-refractivity contribution in [3.05, 3.63) is 58.3 Å². The molecule has 0 spiro atoms. The topological polar surface area (TPSA) is 74.8 Å². The van der Waals surface area contributed by atoms with E-state index < -0.39 is 24.4 Å². The van der Waals surface area contributed by atoms with Crippen LogP contribution in [0.2, 0.25) is 0 Å². The highest BCUT2D eigenvalue weighted by Gasteiger charge is 2.45. The van der Waals surface area contributed by atoms with E-state index in [-0.39, 0.29) is 12.3 Å². The van der Waals surface area contributed by atoms with E-state index in [0.29, 0.717) is 9.78 Å². The van der Waals surface area contributed by atoms with Crippen molar-refractivity contribution in [3.63, 3.8) is 0 Å². The van der Waals surface area contributed by atoms with E-state index in [2.05, 4.69) is 0 Å². The second kappa shape index (κ2) is 6.13. The molecule has 1 aromatic heterocycles. The normalized spacial score (nSPS) is 14.7. The van der Waals surface area contributed by atoms with Crippen molar-refractivity contribution in [2.24, 2.45) is 0 Å². The first-order valence-electron chi connectivity index (χ1n) is 6.86. The summed E-state index contributed by atoms with van der Waals surface area (Å²) in [6.07, 6.45) is 0. The van der Waals surface area contributed by atoms with Crippen LogP contribution in [0.4, 0.5) is 4.79 Å². The van der Waals surface area contributed by atoms with Crippen molar-refractivity contribution in [1.29, 1.82) is 0 Å². The molecular weight excluding hydrogens is 316 g/mol. The average Bonchev–Trinajstić information content (AvgIpc) is 3.16. The Morgan fingerprint density at radius 1 is 0.913 bits per heavy atom. The summed E-state index contributed by atoms with van der Waals surface area (Å²) in [6.45, 7) is -0.414. The number of hydrogen-bond acceptors (Lipinski definition) is 5. The fraction of sp³-hybridized carbons (Fsp3) is 0.125. The number of benzene rings is 1. The van der Waals surface area contributed by atoms with E-state index in [4.69, 9.17) is 0 Å². The Morgan fingerprint density at radius 2 is 1.61 bits per heavy atom. The van der Waals surface area contributed by atoms with Gasteiger partial charge in [0.15, 0.2) is 5.78 Å². The minimum Gasteiger partial charge on any atom is -0.291 e. The minimum absolute atomic E-state index is 0.00788. The lowest BCUT2D eigenvalue weighted by molar-refractivity contribution is -0.143. The van der Waals surface area contributed by atoms with Crippen LogP contribution < -0.4 is 0 Å². The van der Waals surface area contributed by atoms with E-state index in [1.54, 1.807) is 41.8 Å². The highest BCUT2D eigenvalue weighted by Crippen LogP contribution is 2.18. The highest BCUT2D eigenvalue weighted by atomic mass is 32.1. The SMILES string of the molecule is O=C(CN1C(=O)C(=O)N(Cc2ccccc2)C1=O)c1cccs1. The predicted octanol–water partition coefficient (Wildman–Crippen LogP) is 1.92. The van der Waals surface area contributed by atoms with Gasteiger partial charge in [-0.1, -0.05) is 36.4 Å². The van der Waals surface area contributed by atoms with Gasteiger partial charge in [-0.2, -0.15) is 0 Å². The molecule has 1 saturated heterocycles. The van der Waals surface area contributed by atoms with Gasteiger partial charge in [0.2, 0.25) is 0 Å². The summed E-state index contributed by atoms with van der Waals surface area (Å²) in [5, 5.41) is 1.73. The van der Waals surface area contributed by atoms with E-state index in [1.807, 2.05) is 6.07 Å². The zero-order valence-corrected chi connectivity index (χ0v) is 12.8. The lowest BCUT2D eigenvalue weighted by Gasteiger charge is -2.14. The molecule has 1 aromatic carbocycles. The molecule has 0 saturated carbocycles. The molecule has 0 bridgehead atoms. The molecule has 0 atom stereocenters. The number of Topliss-reactive ketones (excluding diaryl/α,β-unsaturated/α-hetero) is 1. The van der Waals surface area contributed by atoms with Gasteiger partial charge in [0.05, 0.1) is 18.0 Å². The molecule has 23 heavy (non-hydrogen) atoms. The third-order valence-electron chi connectivity index (χ3n) is 3.42. The van der Waals surface area contributed by atoms with Crippen molar-refractivity contribution in [1.82, 2.24) is 9.80 Å². The summed E-state index contributed by atoms with van der Waals surface area (Å²) in [5.74, 6) is -2.23. The summed E-state index contributed by atoms with van der Waals surface area (Å²) in [5.41, 5.74) is 0.730. The Morgan fingerprint density at radius 3 is 2.26 bits per heavy atom. The maximum atomic E-state index is 12.3. The second-order valence-electron chi connectivity index (χ2n) is 4.95. The largest absolute Gasteiger partial charge is 0.334 e. The molecule has 0 N–H and O–H groups in total. The van der Waals surface area contributed by atoms with E-state index in [0.717, 1.165) is 10.5 Å². The number of nitrogens with zero attached hydrogens (tertiary/aromatic N) is 2. The van der Waals surface area contributed by atoms with Crippen LogP contribution in [0.3, 0.4) is 0 Å². The number of carbonyl (C=O) groups excluding carboxylic acids is 4. The first kappa shape index (κ1) is 15.1. The highest BCUT2D eigenvalue weighted by molar-refractivity contribution is 7.12. The Bertz CT molecular complexity index is 771. The minimum atomic E-state index is -0.962. The monoisotopic (exact) mass is 328 g/mol. The number of rotatable bonds is 5. The fourth-order valence-electron chi connectivity index (χ4n) is 2.25. The van der Waals surface area contributed by atoms with Crippen LogP contribution >= 0.6 is 11.3 Å². The molecule has 6 nitrogen and oxygen atoms in total. The van der Waals surface area contributed by atoms with Crippen LogP contribution in [0, 0.1) is 0 Å². The molecule has 0 aliphatic carbocycles. The summed E-state index contributed by atoms with van der Waals surface area (Å²) in [7, 11) is 0.